The Kier molecular flexibility index (Phi) is 6.12. The summed E-state index contributed by atoms with van der Waals surface area (Å²) in [7, 11) is 0. The Morgan fingerprint density at radius 1 is 1.03 bits per heavy atom. The van der Waals surface area contributed by atoms with E-state index < -0.39 is 12.0 Å². The summed E-state index contributed by atoms with van der Waals surface area (Å²) in [4.78, 5) is 25.5. The van der Waals surface area contributed by atoms with Crippen LogP contribution in [0, 0.1) is 20.8 Å². The number of rotatable bonds is 6. The second kappa shape index (κ2) is 8.73. The van der Waals surface area contributed by atoms with Crippen LogP contribution in [-0.2, 0) is 9.53 Å². The van der Waals surface area contributed by atoms with Crippen LogP contribution in [0.25, 0.3) is 5.69 Å². The highest BCUT2D eigenvalue weighted by molar-refractivity contribution is 5.97. The first-order chi connectivity index (χ1) is 13.9. The van der Waals surface area contributed by atoms with Crippen LogP contribution < -0.4 is 5.32 Å². The molecule has 0 saturated carbocycles. The fraction of sp³-hybridized carbons (Fsp3) is 0.261. The zero-order chi connectivity index (χ0) is 21.0. The van der Waals surface area contributed by atoms with E-state index in [1.54, 1.807) is 23.7 Å². The Labute approximate surface area is 170 Å². The topological polar surface area (TPSA) is 73.2 Å². The first kappa shape index (κ1) is 20.3. The van der Waals surface area contributed by atoms with E-state index in [0.717, 1.165) is 16.9 Å². The maximum absolute atomic E-state index is 12.8. The number of hydrogen-bond acceptors (Lipinski definition) is 4. The number of aromatic nitrogens is 2. The third-order valence-electron chi connectivity index (χ3n) is 4.75. The van der Waals surface area contributed by atoms with E-state index in [0.29, 0.717) is 16.8 Å². The Bertz CT molecular complexity index is 1010. The molecular formula is C23H25N3O3. The number of carbonyl (C=O) groups is 2. The standard InChI is InChI=1S/C23H25N3O3/c1-5-29-23(28)21(24-22(27)18-13-11-15(2)12-14-18)20-16(3)25-26(17(20)4)19-9-7-6-8-10-19/h6-14,21H,5H2,1-4H3,(H,24,27)/t21-/m1/s1. The molecule has 1 N–H and O–H groups in total. The normalized spacial score (nSPS) is 11.7. The number of carbonyl (C=O) groups excluding carboxylic acids is 2. The molecule has 1 atom stereocenters. The van der Waals surface area contributed by atoms with Crippen molar-refractivity contribution < 1.29 is 14.3 Å². The molecule has 29 heavy (non-hydrogen) atoms. The molecule has 0 aliphatic rings. The quantitative estimate of drug-likeness (QED) is 0.648. The fourth-order valence-electron chi connectivity index (χ4n) is 3.29. The van der Waals surface area contributed by atoms with E-state index in [1.165, 1.54) is 0 Å². The predicted molar refractivity (Wildman–Crippen MR) is 111 cm³/mol. The first-order valence-corrected chi connectivity index (χ1v) is 9.58. The minimum Gasteiger partial charge on any atom is -0.464 e. The van der Waals surface area contributed by atoms with Crippen molar-refractivity contribution >= 4 is 11.9 Å². The molecule has 1 aromatic heterocycles. The number of benzene rings is 2. The largest absolute Gasteiger partial charge is 0.464 e. The van der Waals surface area contributed by atoms with Gasteiger partial charge < -0.3 is 10.1 Å². The SMILES string of the molecule is CCOC(=O)[C@H](NC(=O)c1ccc(C)cc1)c1c(C)nn(-c2ccccc2)c1C. The minimum atomic E-state index is -0.943. The van der Waals surface area contributed by atoms with Crippen molar-refractivity contribution in [2.75, 3.05) is 6.61 Å². The number of nitrogens with zero attached hydrogens (tertiary/aromatic N) is 2. The Hall–Kier alpha value is -3.41. The van der Waals surface area contributed by atoms with Gasteiger partial charge in [0.15, 0.2) is 6.04 Å². The van der Waals surface area contributed by atoms with Crippen LogP contribution >= 0.6 is 0 Å². The van der Waals surface area contributed by atoms with Gasteiger partial charge in [-0.05, 0) is 52.0 Å². The molecule has 2 aromatic carbocycles. The van der Waals surface area contributed by atoms with E-state index in [-0.39, 0.29) is 12.5 Å². The number of amides is 1. The number of nitrogens with one attached hydrogen (secondary N) is 1. The van der Waals surface area contributed by atoms with E-state index in [2.05, 4.69) is 10.4 Å². The molecule has 3 rings (SSSR count). The Morgan fingerprint density at radius 3 is 2.31 bits per heavy atom. The van der Waals surface area contributed by atoms with Gasteiger partial charge in [0.05, 0.1) is 18.0 Å². The van der Waals surface area contributed by atoms with Crippen molar-refractivity contribution in [3.05, 3.63) is 82.7 Å². The van der Waals surface area contributed by atoms with Crippen LogP contribution in [0.15, 0.2) is 54.6 Å². The van der Waals surface area contributed by atoms with Crippen LogP contribution in [-0.4, -0.2) is 28.3 Å². The average molecular weight is 391 g/mol. The maximum atomic E-state index is 12.8. The molecule has 0 unspecified atom stereocenters. The van der Waals surface area contributed by atoms with Gasteiger partial charge in [-0.15, -0.1) is 0 Å². The van der Waals surface area contributed by atoms with Crippen LogP contribution in [0.5, 0.6) is 0 Å². The van der Waals surface area contributed by atoms with Crippen molar-refractivity contribution in [3.63, 3.8) is 0 Å². The molecule has 0 aliphatic carbocycles. The second-order valence-corrected chi connectivity index (χ2v) is 6.86. The molecule has 150 valence electrons. The summed E-state index contributed by atoms with van der Waals surface area (Å²) in [5.74, 6) is -0.846. The number of esters is 1. The molecule has 6 nitrogen and oxygen atoms in total. The summed E-state index contributed by atoms with van der Waals surface area (Å²) in [5, 5.41) is 7.43. The third kappa shape index (κ3) is 4.37. The lowest BCUT2D eigenvalue weighted by molar-refractivity contribution is -0.145. The van der Waals surface area contributed by atoms with E-state index in [1.807, 2.05) is 63.2 Å². The molecule has 0 aliphatic heterocycles. The highest BCUT2D eigenvalue weighted by Crippen LogP contribution is 2.26. The van der Waals surface area contributed by atoms with Crippen molar-refractivity contribution in [2.24, 2.45) is 0 Å². The average Bonchev–Trinajstić information content (AvgIpc) is 3.01. The van der Waals surface area contributed by atoms with Crippen LogP contribution in [0.1, 0.15) is 45.8 Å². The Morgan fingerprint density at radius 2 is 1.69 bits per heavy atom. The van der Waals surface area contributed by atoms with E-state index in [9.17, 15) is 9.59 Å². The second-order valence-electron chi connectivity index (χ2n) is 6.86. The zero-order valence-corrected chi connectivity index (χ0v) is 17.1. The first-order valence-electron chi connectivity index (χ1n) is 9.58. The summed E-state index contributed by atoms with van der Waals surface area (Å²) < 4.78 is 7.02. The summed E-state index contributed by atoms with van der Waals surface area (Å²) >= 11 is 0. The fourth-order valence-corrected chi connectivity index (χ4v) is 3.29. The number of ether oxygens (including phenoxy) is 1. The van der Waals surface area contributed by atoms with E-state index in [4.69, 9.17) is 4.74 Å². The lowest BCUT2D eigenvalue weighted by Gasteiger charge is -2.18. The van der Waals surface area contributed by atoms with Crippen molar-refractivity contribution in [1.82, 2.24) is 15.1 Å². The smallest absolute Gasteiger partial charge is 0.333 e. The van der Waals surface area contributed by atoms with Crippen LogP contribution in [0.3, 0.4) is 0 Å². The highest BCUT2D eigenvalue weighted by atomic mass is 16.5. The zero-order valence-electron chi connectivity index (χ0n) is 17.1. The molecule has 0 radical (unpaired) electrons. The molecule has 0 saturated heterocycles. The molecule has 1 heterocycles. The lowest BCUT2D eigenvalue weighted by Crippen LogP contribution is -2.35. The summed E-state index contributed by atoms with van der Waals surface area (Å²) in [5.41, 5.74) is 4.50. The van der Waals surface area contributed by atoms with Gasteiger partial charge in [-0.25, -0.2) is 9.48 Å². The van der Waals surface area contributed by atoms with Crippen molar-refractivity contribution in [2.45, 2.75) is 33.7 Å². The molecular weight excluding hydrogens is 366 g/mol. The van der Waals surface area contributed by atoms with Gasteiger partial charge in [0.25, 0.3) is 5.91 Å². The van der Waals surface area contributed by atoms with Crippen LogP contribution in [0.4, 0.5) is 0 Å². The summed E-state index contributed by atoms with van der Waals surface area (Å²) in [6, 6.07) is 15.9. The molecule has 0 fully saturated rings. The summed E-state index contributed by atoms with van der Waals surface area (Å²) in [6.07, 6.45) is 0. The number of hydrogen-bond donors (Lipinski definition) is 1. The third-order valence-corrected chi connectivity index (χ3v) is 4.75. The molecule has 1 amide bonds. The van der Waals surface area contributed by atoms with E-state index >= 15 is 0 Å². The van der Waals surface area contributed by atoms with Gasteiger partial charge in [-0.1, -0.05) is 35.9 Å². The van der Waals surface area contributed by atoms with Gasteiger partial charge in [0.2, 0.25) is 0 Å². The van der Waals surface area contributed by atoms with Crippen LogP contribution in [0.2, 0.25) is 0 Å². The highest BCUT2D eigenvalue weighted by Gasteiger charge is 2.30. The molecule has 6 heteroatoms. The minimum absolute atomic E-state index is 0.223. The van der Waals surface area contributed by atoms with Gasteiger partial charge in [-0.3, -0.25) is 4.79 Å². The molecule has 3 aromatic rings. The van der Waals surface area contributed by atoms with Crippen molar-refractivity contribution in [1.29, 1.82) is 0 Å². The predicted octanol–water partition coefficient (Wildman–Crippen LogP) is 3.83. The molecule has 0 spiro atoms. The van der Waals surface area contributed by atoms with Crippen molar-refractivity contribution in [3.8, 4) is 5.69 Å². The number of para-hydroxylation sites is 1. The maximum Gasteiger partial charge on any atom is 0.333 e. The summed E-state index contributed by atoms with van der Waals surface area (Å²) in [6.45, 7) is 7.62. The Balaban J connectivity index is 1.99. The monoisotopic (exact) mass is 391 g/mol. The van der Waals surface area contributed by atoms with Gasteiger partial charge in [0.1, 0.15) is 0 Å². The van der Waals surface area contributed by atoms with Gasteiger partial charge in [0, 0.05) is 16.8 Å². The molecule has 0 bridgehead atoms. The number of aryl methyl sites for hydroxylation is 2. The van der Waals surface area contributed by atoms with Gasteiger partial charge in [-0.2, -0.15) is 5.10 Å². The van der Waals surface area contributed by atoms with Gasteiger partial charge >= 0.3 is 5.97 Å². The lowest BCUT2D eigenvalue weighted by atomic mass is 10.0.